The monoisotopic (exact) mass is 196 g/mol. The van der Waals surface area contributed by atoms with Crippen molar-refractivity contribution in [2.45, 2.75) is 20.0 Å². The second kappa shape index (κ2) is 5.78. The molecule has 4 heteroatoms. The average Bonchev–Trinajstić information content (AvgIpc) is 2.59. The van der Waals surface area contributed by atoms with E-state index in [4.69, 9.17) is 0 Å². The van der Waals surface area contributed by atoms with Crippen molar-refractivity contribution in [2.75, 3.05) is 27.2 Å². The zero-order valence-corrected chi connectivity index (χ0v) is 9.32. The number of aryl methyl sites for hydroxylation is 1. The fourth-order valence-electron chi connectivity index (χ4n) is 1.30. The van der Waals surface area contributed by atoms with E-state index in [-0.39, 0.29) is 0 Å². The van der Waals surface area contributed by atoms with Crippen LogP contribution in [0.2, 0.25) is 0 Å². The van der Waals surface area contributed by atoms with Crippen LogP contribution in [-0.2, 0) is 13.1 Å². The standard InChI is InChI=1S/C10H20N4/c1-4-14-8-6-12-10(14)9-11-5-7-13(2)3/h6,8,11H,4-5,7,9H2,1-3H3. The Balaban J connectivity index is 2.24. The van der Waals surface area contributed by atoms with Crippen LogP contribution in [0.5, 0.6) is 0 Å². The summed E-state index contributed by atoms with van der Waals surface area (Å²) >= 11 is 0. The van der Waals surface area contributed by atoms with E-state index in [9.17, 15) is 0 Å². The van der Waals surface area contributed by atoms with Gasteiger partial charge < -0.3 is 14.8 Å². The van der Waals surface area contributed by atoms with Gasteiger partial charge in [0.15, 0.2) is 0 Å². The van der Waals surface area contributed by atoms with Gasteiger partial charge >= 0.3 is 0 Å². The molecule has 0 aliphatic carbocycles. The van der Waals surface area contributed by atoms with Crippen LogP contribution in [0.4, 0.5) is 0 Å². The highest BCUT2D eigenvalue weighted by atomic mass is 15.1. The molecule has 0 bridgehead atoms. The number of hydrogen-bond acceptors (Lipinski definition) is 3. The molecule has 0 saturated heterocycles. The van der Waals surface area contributed by atoms with Gasteiger partial charge in [0.05, 0.1) is 6.54 Å². The lowest BCUT2D eigenvalue weighted by Crippen LogP contribution is -2.27. The SMILES string of the molecule is CCn1ccnc1CNCCN(C)C. The summed E-state index contributed by atoms with van der Waals surface area (Å²) in [5, 5.41) is 3.37. The predicted molar refractivity (Wildman–Crippen MR) is 58.2 cm³/mol. The fraction of sp³-hybridized carbons (Fsp3) is 0.700. The molecule has 1 aromatic rings. The molecule has 0 aliphatic rings. The Hall–Kier alpha value is -0.870. The van der Waals surface area contributed by atoms with E-state index in [0.717, 1.165) is 32.0 Å². The van der Waals surface area contributed by atoms with E-state index in [2.05, 4.69) is 40.8 Å². The van der Waals surface area contributed by atoms with E-state index in [0.29, 0.717) is 0 Å². The minimum atomic E-state index is 0.856. The molecule has 0 radical (unpaired) electrons. The van der Waals surface area contributed by atoms with Crippen molar-refractivity contribution in [1.82, 2.24) is 19.8 Å². The Bertz CT molecular complexity index is 254. The van der Waals surface area contributed by atoms with Crippen LogP contribution < -0.4 is 5.32 Å². The summed E-state index contributed by atoms with van der Waals surface area (Å²) in [4.78, 5) is 6.46. The minimum absolute atomic E-state index is 0.856. The van der Waals surface area contributed by atoms with Gasteiger partial charge in [-0.3, -0.25) is 0 Å². The molecule has 0 saturated carbocycles. The molecule has 0 unspecified atom stereocenters. The van der Waals surface area contributed by atoms with Crippen LogP contribution in [-0.4, -0.2) is 41.6 Å². The summed E-state index contributed by atoms with van der Waals surface area (Å²) in [5.74, 6) is 1.12. The molecule has 0 aromatic carbocycles. The van der Waals surface area contributed by atoms with Gasteiger partial charge in [-0.15, -0.1) is 0 Å². The van der Waals surface area contributed by atoms with Crippen LogP contribution in [0.25, 0.3) is 0 Å². The first-order valence-electron chi connectivity index (χ1n) is 5.09. The van der Waals surface area contributed by atoms with Crippen molar-refractivity contribution >= 4 is 0 Å². The quantitative estimate of drug-likeness (QED) is 0.675. The van der Waals surface area contributed by atoms with Crippen LogP contribution >= 0.6 is 0 Å². The first-order valence-corrected chi connectivity index (χ1v) is 5.09. The summed E-state index contributed by atoms with van der Waals surface area (Å²) in [6.07, 6.45) is 3.87. The first-order chi connectivity index (χ1) is 6.74. The number of rotatable bonds is 6. The zero-order chi connectivity index (χ0) is 10.4. The Morgan fingerprint density at radius 1 is 1.50 bits per heavy atom. The van der Waals surface area contributed by atoms with Crippen molar-refractivity contribution in [2.24, 2.45) is 0 Å². The number of nitrogens with zero attached hydrogens (tertiary/aromatic N) is 3. The topological polar surface area (TPSA) is 33.1 Å². The second-order valence-electron chi connectivity index (χ2n) is 3.61. The number of likely N-dealkylation sites (N-methyl/N-ethyl adjacent to an activating group) is 1. The lowest BCUT2D eigenvalue weighted by molar-refractivity contribution is 0.397. The van der Waals surface area contributed by atoms with Gasteiger partial charge in [0.25, 0.3) is 0 Å². The molecule has 1 N–H and O–H groups in total. The Kier molecular flexibility index (Phi) is 4.62. The maximum atomic E-state index is 4.29. The summed E-state index contributed by atoms with van der Waals surface area (Å²) in [5.41, 5.74) is 0. The summed E-state index contributed by atoms with van der Waals surface area (Å²) in [7, 11) is 4.16. The van der Waals surface area contributed by atoms with Crippen molar-refractivity contribution < 1.29 is 0 Å². The molecule has 80 valence electrons. The van der Waals surface area contributed by atoms with E-state index < -0.39 is 0 Å². The molecule has 0 fully saturated rings. The van der Waals surface area contributed by atoms with Gasteiger partial charge in [0.1, 0.15) is 5.82 Å². The zero-order valence-electron chi connectivity index (χ0n) is 9.32. The van der Waals surface area contributed by atoms with Crippen molar-refractivity contribution in [3.8, 4) is 0 Å². The fourth-order valence-corrected chi connectivity index (χ4v) is 1.30. The molecule has 0 atom stereocenters. The molecule has 0 amide bonds. The van der Waals surface area contributed by atoms with Crippen molar-refractivity contribution in [1.29, 1.82) is 0 Å². The van der Waals surface area contributed by atoms with Gasteiger partial charge in [0, 0.05) is 32.0 Å². The van der Waals surface area contributed by atoms with E-state index >= 15 is 0 Å². The van der Waals surface area contributed by atoms with E-state index in [1.807, 2.05) is 12.4 Å². The van der Waals surface area contributed by atoms with Crippen LogP contribution in [0.3, 0.4) is 0 Å². The summed E-state index contributed by atoms with van der Waals surface area (Å²) < 4.78 is 2.16. The Morgan fingerprint density at radius 2 is 2.29 bits per heavy atom. The Morgan fingerprint density at radius 3 is 2.93 bits per heavy atom. The minimum Gasteiger partial charge on any atom is -0.334 e. The van der Waals surface area contributed by atoms with Crippen molar-refractivity contribution in [3.63, 3.8) is 0 Å². The summed E-state index contributed by atoms with van der Waals surface area (Å²) in [6.45, 7) is 6.04. The average molecular weight is 196 g/mol. The number of hydrogen-bond donors (Lipinski definition) is 1. The van der Waals surface area contributed by atoms with Gasteiger partial charge in [0.2, 0.25) is 0 Å². The highest BCUT2D eigenvalue weighted by Crippen LogP contribution is 1.95. The van der Waals surface area contributed by atoms with Crippen LogP contribution in [0.1, 0.15) is 12.7 Å². The number of nitrogens with one attached hydrogen (secondary N) is 1. The van der Waals surface area contributed by atoms with Gasteiger partial charge in [-0.1, -0.05) is 0 Å². The van der Waals surface area contributed by atoms with Gasteiger partial charge in [-0.2, -0.15) is 0 Å². The normalized spacial score (nSPS) is 11.1. The molecule has 1 aromatic heterocycles. The van der Waals surface area contributed by atoms with Crippen LogP contribution in [0, 0.1) is 0 Å². The first kappa shape index (κ1) is 11.2. The van der Waals surface area contributed by atoms with Gasteiger partial charge in [-0.05, 0) is 21.0 Å². The maximum absolute atomic E-state index is 4.29. The highest BCUT2D eigenvalue weighted by molar-refractivity contribution is 4.91. The van der Waals surface area contributed by atoms with E-state index in [1.165, 1.54) is 0 Å². The van der Waals surface area contributed by atoms with E-state index in [1.54, 1.807) is 0 Å². The highest BCUT2D eigenvalue weighted by Gasteiger charge is 1.99. The lowest BCUT2D eigenvalue weighted by Gasteiger charge is -2.10. The maximum Gasteiger partial charge on any atom is 0.122 e. The predicted octanol–water partition coefficient (Wildman–Crippen LogP) is 0.554. The smallest absolute Gasteiger partial charge is 0.122 e. The summed E-state index contributed by atoms with van der Waals surface area (Å²) in [6, 6.07) is 0. The molecule has 1 heterocycles. The third-order valence-electron chi connectivity index (χ3n) is 2.16. The second-order valence-corrected chi connectivity index (χ2v) is 3.61. The number of imidazole rings is 1. The number of aromatic nitrogens is 2. The van der Waals surface area contributed by atoms with Crippen molar-refractivity contribution in [3.05, 3.63) is 18.2 Å². The Labute approximate surface area is 85.9 Å². The lowest BCUT2D eigenvalue weighted by atomic mass is 10.5. The molecule has 4 nitrogen and oxygen atoms in total. The molecule has 14 heavy (non-hydrogen) atoms. The van der Waals surface area contributed by atoms with Crippen LogP contribution in [0.15, 0.2) is 12.4 Å². The van der Waals surface area contributed by atoms with Gasteiger partial charge in [-0.25, -0.2) is 4.98 Å². The third kappa shape index (κ3) is 3.47. The molecule has 0 aliphatic heterocycles. The largest absolute Gasteiger partial charge is 0.334 e. The molecule has 0 spiro atoms. The molecular weight excluding hydrogens is 176 g/mol. The molecular formula is C10H20N4. The third-order valence-corrected chi connectivity index (χ3v) is 2.16. The molecule has 1 rings (SSSR count).